The lowest BCUT2D eigenvalue weighted by Crippen LogP contribution is -2.44. The Labute approximate surface area is 163 Å². The quantitative estimate of drug-likeness (QED) is 0.539. The van der Waals surface area contributed by atoms with Gasteiger partial charge in [0.25, 0.3) is 5.56 Å². The van der Waals surface area contributed by atoms with Gasteiger partial charge in [0.1, 0.15) is 4.70 Å². The van der Waals surface area contributed by atoms with Crippen molar-refractivity contribution in [1.82, 2.24) is 24.3 Å². The molecule has 28 heavy (non-hydrogen) atoms. The van der Waals surface area contributed by atoms with Crippen LogP contribution in [0.25, 0.3) is 26.3 Å². The average Bonchev–Trinajstić information content (AvgIpc) is 3.27. The molecule has 0 amide bonds. The second-order valence-corrected chi connectivity index (χ2v) is 8.15. The Morgan fingerprint density at radius 2 is 2.21 bits per heavy atom. The van der Waals surface area contributed by atoms with Crippen LogP contribution in [-0.4, -0.2) is 43.2 Å². The maximum atomic E-state index is 14.4. The molecule has 0 bridgehead atoms. The molecule has 144 valence electrons. The van der Waals surface area contributed by atoms with Crippen LogP contribution in [0.1, 0.15) is 18.2 Å². The van der Waals surface area contributed by atoms with Crippen LogP contribution >= 0.6 is 11.3 Å². The smallest absolute Gasteiger partial charge is 0.271 e. The molecule has 0 unspecified atom stereocenters. The molecule has 1 saturated heterocycles. The number of halogens is 1. The van der Waals surface area contributed by atoms with Gasteiger partial charge in [-0.15, -0.1) is 11.3 Å². The average molecular weight is 399 g/mol. The molecular formula is C19H18FN5O2S. The van der Waals surface area contributed by atoms with Crippen LogP contribution in [0.15, 0.2) is 35.6 Å². The van der Waals surface area contributed by atoms with Crippen LogP contribution in [0, 0.1) is 12.7 Å². The van der Waals surface area contributed by atoms with E-state index < -0.39 is 11.9 Å². The molecule has 1 fully saturated rings. The molecule has 9 heteroatoms. The number of thiophene rings is 1. The van der Waals surface area contributed by atoms with Crippen LogP contribution in [0.2, 0.25) is 0 Å². The first-order valence-electron chi connectivity index (χ1n) is 9.06. The maximum Gasteiger partial charge on any atom is 0.271 e. The van der Waals surface area contributed by atoms with Gasteiger partial charge in [0.05, 0.1) is 29.7 Å². The van der Waals surface area contributed by atoms with Crippen molar-refractivity contribution >= 4 is 27.2 Å². The van der Waals surface area contributed by atoms with E-state index >= 15 is 0 Å². The molecule has 5 rings (SSSR count). The molecule has 0 aliphatic carbocycles. The highest BCUT2D eigenvalue weighted by atomic mass is 32.1. The molecule has 5 heterocycles. The topological polar surface area (TPSA) is 84.5 Å². The lowest BCUT2D eigenvalue weighted by molar-refractivity contribution is 0.0824. The number of pyridine rings is 1. The van der Waals surface area contributed by atoms with Gasteiger partial charge in [0.2, 0.25) is 0 Å². The summed E-state index contributed by atoms with van der Waals surface area (Å²) in [6.07, 6.45) is 5.06. The molecule has 1 aliphatic heterocycles. The molecule has 2 N–H and O–H groups in total. The first-order chi connectivity index (χ1) is 13.5. The predicted molar refractivity (Wildman–Crippen MR) is 105 cm³/mol. The van der Waals surface area contributed by atoms with E-state index in [0.717, 1.165) is 17.1 Å². The van der Waals surface area contributed by atoms with E-state index in [2.05, 4.69) is 15.3 Å². The van der Waals surface area contributed by atoms with E-state index in [4.69, 9.17) is 0 Å². The van der Waals surface area contributed by atoms with Crippen molar-refractivity contribution in [3.05, 3.63) is 52.7 Å². The molecule has 0 spiro atoms. The SMILES string of the molecule is Cc1cn2cc(-c3cc4ncn([C@@H]5CNCC[C@H]5O)c(=O)c4s3)cc(F)c2n1. The first kappa shape index (κ1) is 17.5. The number of imidazole rings is 1. The summed E-state index contributed by atoms with van der Waals surface area (Å²) in [5.74, 6) is -0.412. The van der Waals surface area contributed by atoms with E-state index in [-0.39, 0.29) is 17.2 Å². The van der Waals surface area contributed by atoms with Crippen molar-refractivity contribution < 1.29 is 9.50 Å². The summed E-state index contributed by atoms with van der Waals surface area (Å²) in [6, 6.07) is 2.89. The van der Waals surface area contributed by atoms with Gasteiger partial charge in [-0.1, -0.05) is 0 Å². The lowest BCUT2D eigenvalue weighted by atomic mass is 10.0. The normalized spacial score (nSPS) is 20.2. The van der Waals surface area contributed by atoms with E-state index in [1.165, 1.54) is 28.3 Å². The number of fused-ring (bicyclic) bond motifs is 2. The van der Waals surface area contributed by atoms with Gasteiger partial charge < -0.3 is 14.8 Å². The van der Waals surface area contributed by atoms with E-state index in [0.29, 0.717) is 28.7 Å². The third-order valence-corrected chi connectivity index (χ3v) is 6.31. The zero-order valence-corrected chi connectivity index (χ0v) is 15.9. The molecule has 2 atom stereocenters. The van der Waals surface area contributed by atoms with E-state index in [1.807, 2.05) is 6.92 Å². The third-order valence-electron chi connectivity index (χ3n) is 5.15. The van der Waals surface area contributed by atoms with E-state index in [9.17, 15) is 14.3 Å². The van der Waals surface area contributed by atoms with Crippen LogP contribution < -0.4 is 10.9 Å². The Kier molecular flexibility index (Phi) is 4.04. The van der Waals surface area contributed by atoms with E-state index in [1.54, 1.807) is 22.9 Å². The first-order valence-corrected chi connectivity index (χ1v) is 9.87. The molecule has 1 aliphatic rings. The Hall–Kier alpha value is -2.62. The molecule has 4 aromatic rings. The van der Waals surface area contributed by atoms with Gasteiger partial charge >= 0.3 is 0 Å². The van der Waals surface area contributed by atoms with Crippen LogP contribution in [0.3, 0.4) is 0 Å². The summed E-state index contributed by atoms with van der Waals surface area (Å²) in [4.78, 5) is 22.3. The predicted octanol–water partition coefficient (Wildman–Crippen LogP) is 2.12. The van der Waals surface area contributed by atoms with Gasteiger partial charge in [0.15, 0.2) is 11.5 Å². The fourth-order valence-corrected chi connectivity index (χ4v) is 4.76. The second kappa shape index (κ2) is 6.47. The summed E-state index contributed by atoms with van der Waals surface area (Å²) < 4.78 is 18.1. The molecule has 0 saturated carbocycles. The third kappa shape index (κ3) is 2.74. The largest absolute Gasteiger partial charge is 0.391 e. The van der Waals surface area contributed by atoms with Crippen LogP contribution in [-0.2, 0) is 0 Å². The highest BCUT2D eigenvalue weighted by molar-refractivity contribution is 7.22. The van der Waals surface area contributed by atoms with Gasteiger partial charge in [-0.3, -0.25) is 9.36 Å². The summed E-state index contributed by atoms with van der Waals surface area (Å²) in [6.45, 7) is 3.06. The second-order valence-electron chi connectivity index (χ2n) is 7.10. The Morgan fingerprint density at radius 3 is 3.04 bits per heavy atom. The van der Waals surface area contributed by atoms with Gasteiger partial charge in [-0.05, 0) is 32.0 Å². The number of nitrogens with one attached hydrogen (secondary N) is 1. The maximum absolute atomic E-state index is 14.4. The summed E-state index contributed by atoms with van der Waals surface area (Å²) in [7, 11) is 0. The summed E-state index contributed by atoms with van der Waals surface area (Å²) in [5, 5.41) is 13.5. The molecule has 0 aromatic carbocycles. The molecular weight excluding hydrogens is 381 g/mol. The zero-order valence-electron chi connectivity index (χ0n) is 15.1. The number of hydrogen-bond acceptors (Lipinski definition) is 6. The molecule has 7 nitrogen and oxygen atoms in total. The highest BCUT2D eigenvalue weighted by Crippen LogP contribution is 2.32. The van der Waals surface area contributed by atoms with Crippen molar-refractivity contribution in [3.8, 4) is 10.4 Å². The van der Waals surface area contributed by atoms with Crippen molar-refractivity contribution in [2.45, 2.75) is 25.5 Å². The highest BCUT2D eigenvalue weighted by Gasteiger charge is 2.26. The summed E-state index contributed by atoms with van der Waals surface area (Å²) in [5.41, 5.74) is 2.06. The van der Waals surface area contributed by atoms with Crippen LogP contribution in [0.4, 0.5) is 4.39 Å². The monoisotopic (exact) mass is 399 g/mol. The number of aryl methyl sites for hydroxylation is 1. The van der Waals surface area contributed by atoms with Crippen molar-refractivity contribution in [2.24, 2.45) is 0 Å². The number of piperidine rings is 1. The number of aliphatic hydroxyl groups excluding tert-OH is 1. The van der Waals surface area contributed by atoms with Crippen LogP contribution in [0.5, 0.6) is 0 Å². The minimum atomic E-state index is -0.585. The molecule has 0 radical (unpaired) electrons. The van der Waals surface area contributed by atoms with Gasteiger partial charge in [-0.2, -0.15) is 0 Å². The molecule has 4 aromatic heterocycles. The van der Waals surface area contributed by atoms with Gasteiger partial charge in [0, 0.05) is 29.4 Å². The fraction of sp³-hybridized carbons (Fsp3) is 0.316. The minimum absolute atomic E-state index is 0.186. The standard InChI is InChI=1S/C19H18FN5O2S/c1-10-7-24-8-11(4-12(20)18(24)23-10)16-5-13-17(28-16)19(27)25(9-22-13)14-6-21-3-2-15(14)26/h4-5,7-9,14-15,21,26H,2-3,6H2,1H3/t14-,15-/m1/s1. The van der Waals surface area contributed by atoms with Gasteiger partial charge in [-0.25, -0.2) is 14.4 Å². The zero-order chi connectivity index (χ0) is 19.4. The van der Waals surface area contributed by atoms with Crippen molar-refractivity contribution in [2.75, 3.05) is 13.1 Å². The number of hydrogen-bond donors (Lipinski definition) is 2. The van der Waals surface area contributed by atoms with Crippen molar-refractivity contribution in [1.29, 1.82) is 0 Å². The Bertz CT molecular complexity index is 1260. The number of rotatable bonds is 2. The number of aliphatic hydroxyl groups is 1. The number of nitrogens with zero attached hydrogens (tertiary/aromatic N) is 4. The fourth-order valence-electron chi connectivity index (χ4n) is 3.73. The number of aromatic nitrogens is 4. The lowest BCUT2D eigenvalue weighted by Gasteiger charge is -2.29. The van der Waals surface area contributed by atoms with Crippen molar-refractivity contribution in [3.63, 3.8) is 0 Å². The Morgan fingerprint density at radius 1 is 1.36 bits per heavy atom. The summed E-state index contributed by atoms with van der Waals surface area (Å²) >= 11 is 1.28. The Balaban J connectivity index is 1.62. The minimum Gasteiger partial charge on any atom is -0.391 e.